The molecule has 0 aliphatic carbocycles. The highest BCUT2D eigenvalue weighted by Crippen LogP contribution is 2.39. The Bertz CT molecular complexity index is 550. The molecule has 5 heteroatoms. The van der Waals surface area contributed by atoms with Crippen molar-refractivity contribution in [1.29, 1.82) is 0 Å². The lowest BCUT2D eigenvalue weighted by Crippen LogP contribution is -2.40. The Labute approximate surface area is 121 Å². The topological polar surface area (TPSA) is 49.4 Å². The van der Waals surface area contributed by atoms with Crippen LogP contribution in [0.25, 0.3) is 0 Å². The molecule has 0 radical (unpaired) electrons. The number of sulfonamides is 1. The van der Waals surface area contributed by atoms with Gasteiger partial charge in [-0.05, 0) is 43.3 Å². The van der Waals surface area contributed by atoms with Gasteiger partial charge in [0.2, 0.25) is 10.0 Å². The van der Waals surface area contributed by atoms with E-state index in [9.17, 15) is 8.42 Å². The van der Waals surface area contributed by atoms with Crippen molar-refractivity contribution in [2.75, 3.05) is 26.2 Å². The molecule has 0 aromatic heterocycles. The molecule has 110 valence electrons. The summed E-state index contributed by atoms with van der Waals surface area (Å²) in [5, 5.41) is 3.36. The molecule has 0 atom stereocenters. The van der Waals surface area contributed by atoms with Crippen molar-refractivity contribution < 1.29 is 8.42 Å². The van der Waals surface area contributed by atoms with Crippen LogP contribution in [0.4, 0.5) is 0 Å². The molecule has 20 heavy (non-hydrogen) atoms. The summed E-state index contributed by atoms with van der Waals surface area (Å²) in [4.78, 5) is 0. The average Bonchev–Trinajstić information content (AvgIpc) is 2.85. The molecular formula is C15H22N2O2S. The third-order valence-electron chi connectivity index (χ3n) is 4.65. The zero-order chi connectivity index (χ0) is 14.1. The van der Waals surface area contributed by atoms with E-state index in [4.69, 9.17) is 0 Å². The number of nitrogens with zero attached hydrogens (tertiary/aromatic N) is 1. The van der Waals surface area contributed by atoms with E-state index in [1.165, 1.54) is 0 Å². The molecule has 2 aliphatic rings. The maximum absolute atomic E-state index is 12.5. The molecule has 0 bridgehead atoms. The monoisotopic (exact) mass is 294 g/mol. The highest BCUT2D eigenvalue weighted by molar-refractivity contribution is 7.88. The lowest BCUT2D eigenvalue weighted by molar-refractivity contribution is 0.218. The lowest BCUT2D eigenvalue weighted by Gasteiger charge is -2.33. The van der Waals surface area contributed by atoms with Crippen LogP contribution in [0, 0.1) is 5.41 Å². The molecule has 2 saturated heterocycles. The second-order valence-electron chi connectivity index (χ2n) is 6.08. The fourth-order valence-electron chi connectivity index (χ4n) is 3.37. The van der Waals surface area contributed by atoms with Crippen LogP contribution in [0.5, 0.6) is 0 Å². The molecule has 3 rings (SSSR count). The zero-order valence-corrected chi connectivity index (χ0v) is 12.5. The minimum Gasteiger partial charge on any atom is -0.317 e. The molecule has 0 saturated carbocycles. The van der Waals surface area contributed by atoms with Crippen molar-refractivity contribution in [2.45, 2.75) is 25.0 Å². The smallest absolute Gasteiger partial charge is 0.218 e. The summed E-state index contributed by atoms with van der Waals surface area (Å²) in [7, 11) is -3.18. The predicted molar refractivity (Wildman–Crippen MR) is 79.8 cm³/mol. The maximum Gasteiger partial charge on any atom is 0.218 e. The van der Waals surface area contributed by atoms with Gasteiger partial charge in [0.05, 0.1) is 5.75 Å². The van der Waals surface area contributed by atoms with Gasteiger partial charge in [-0.15, -0.1) is 0 Å². The highest BCUT2D eigenvalue weighted by Gasteiger charge is 2.42. The van der Waals surface area contributed by atoms with Crippen molar-refractivity contribution in [1.82, 2.24) is 9.62 Å². The molecule has 0 amide bonds. The minimum absolute atomic E-state index is 0.127. The van der Waals surface area contributed by atoms with E-state index in [1.54, 1.807) is 4.31 Å². The number of nitrogens with one attached hydrogen (secondary N) is 1. The first kappa shape index (κ1) is 14.0. The Morgan fingerprint density at radius 2 is 1.80 bits per heavy atom. The molecule has 1 spiro atoms. The SMILES string of the molecule is O=S(=O)(Cc1ccccc1)N1CCC2(CCNCC2)C1. The first-order valence-corrected chi connectivity index (χ1v) is 8.93. The summed E-state index contributed by atoms with van der Waals surface area (Å²) in [5.41, 5.74) is 1.11. The van der Waals surface area contributed by atoms with Gasteiger partial charge >= 0.3 is 0 Å². The minimum atomic E-state index is -3.18. The van der Waals surface area contributed by atoms with Crippen molar-refractivity contribution in [2.24, 2.45) is 5.41 Å². The second-order valence-corrected chi connectivity index (χ2v) is 8.04. The van der Waals surface area contributed by atoms with Crippen molar-refractivity contribution in [3.63, 3.8) is 0 Å². The Kier molecular flexibility index (Phi) is 3.84. The highest BCUT2D eigenvalue weighted by atomic mass is 32.2. The molecule has 0 unspecified atom stereocenters. The van der Waals surface area contributed by atoms with E-state index < -0.39 is 10.0 Å². The second kappa shape index (κ2) is 5.47. The quantitative estimate of drug-likeness (QED) is 0.921. The summed E-state index contributed by atoms with van der Waals surface area (Å²) in [6.07, 6.45) is 3.22. The summed E-state index contributed by atoms with van der Waals surface area (Å²) >= 11 is 0. The van der Waals surface area contributed by atoms with Gasteiger partial charge in [-0.25, -0.2) is 12.7 Å². The van der Waals surface area contributed by atoms with Crippen LogP contribution in [0.1, 0.15) is 24.8 Å². The molecule has 2 fully saturated rings. The van der Waals surface area contributed by atoms with Crippen LogP contribution in [-0.2, 0) is 15.8 Å². The van der Waals surface area contributed by atoms with E-state index in [-0.39, 0.29) is 11.2 Å². The van der Waals surface area contributed by atoms with E-state index in [1.807, 2.05) is 30.3 Å². The number of hydrogen-bond donors (Lipinski definition) is 1. The largest absolute Gasteiger partial charge is 0.317 e. The summed E-state index contributed by atoms with van der Waals surface area (Å²) < 4.78 is 26.8. The Balaban J connectivity index is 1.70. The summed E-state index contributed by atoms with van der Waals surface area (Å²) in [6, 6.07) is 9.46. The van der Waals surface area contributed by atoms with E-state index in [2.05, 4.69) is 5.32 Å². The van der Waals surface area contributed by atoms with Crippen LogP contribution < -0.4 is 5.32 Å². The maximum atomic E-state index is 12.5. The number of rotatable bonds is 3. The standard InChI is InChI=1S/C15H22N2O2S/c18-20(19,12-14-4-2-1-3-5-14)17-11-8-15(13-17)6-9-16-10-7-15/h1-5,16H,6-13H2. The van der Waals surface area contributed by atoms with Gasteiger partial charge in [-0.2, -0.15) is 0 Å². The van der Waals surface area contributed by atoms with Crippen molar-refractivity contribution >= 4 is 10.0 Å². The first-order chi connectivity index (χ1) is 9.60. The number of hydrogen-bond acceptors (Lipinski definition) is 3. The van der Waals surface area contributed by atoms with Gasteiger partial charge in [-0.3, -0.25) is 0 Å². The summed E-state index contributed by atoms with van der Waals surface area (Å²) in [5.74, 6) is 0.127. The van der Waals surface area contributed by atoms with Crippen molar-refractivity contribution in [3.8, 4) is 0 Å². The van der Waals surface area contributed by atoms with Gasteiger partial charge < -0.3 is 5.32 Å². The third kappa shape index (κ3) is 2.90. The zero-order valence-electron chi connectivity index (χ0n) is 11.7. The lowest BCUT2D eigenvalue weighted by atomic mass is 9.78. The Morgan fingerprint density at radius 3 is 2.50 bits per heavy atom. The fourth-order valence-corrected chi connectivity index (χ4v) is 5.01. The molecule has 1 aromatic rings. The van der Waals surface area contributed by atoms with Crippen LogP contribution in [0.2, 0.25) is 0 Å². The molecule has 2 aliphatic heterocycles. The van der Waals surface area contributed by atoms with Crippen LogP contribution >= 0.6 is 0 Å². The Hall–Kier alpha value is -0.910. The van der Waals surface area contributed by atoms with Gasteiger partial charge in [0.25, 0.3) is 0 Å². The normalized spacial score (nSPS) is 23.2. The third-order valence-corrected chi connectivity index (χ3v) is 6.45. The van der Waals surface area contributed by atoms with E-state index in [0.717, 1.165) is 37.9 Å². The molecule has 1 N–H and O–H groups in total. The van der Waals surface area contributed by atoms with Gasteiger partial charge in [0.15, 0.2) is 0 Å². The van der Waals surface area contributed by atoms with Crippen LogP contribution in [0.15, 0.2) is 30.3 Å². The fraction of sp³-hybridized carbons (Fsp3) is 0.600. The molecule has 1 aromatic carbocycles. The molecule has 2 heterocycles. The van der Waals surface area contributed by atoms with E-state index in [0.29, 0.717) is 13.1 Å². The van der Waals surface area contributed by atoms with Crippen LogP contribution in [-0.4, -0.2) is 38.9 Å². The van der Waals surface area contributed by atoms with Crippen LogP contribution in [0.3, 0.4) is 0 Å². The van der Waals surface area contributed by atoms with Gasteiger partial charge in [-0.1, -0.05) is 30.3 Å². The molecule has 4 nitrogen and oxygen atoms in total. The number of benzene rings is 1. The molecular weight excluding hydrogens is 272 g/mol. The average molecular weight is 294 g/mol. The number of piperidine rings is 1. The Morgan fingerprint density at radius 1 is 1.10 bits per heavy atom. The first-order valence-electron chi connectivity index (χ1n) is 7.32. The van der Waals surface area contributed by atoms with E-state index >= 15 is 0 Å². The van der Waals surface area contributed by atoms with Crippen molar-refractivity contribution in [3.05, 3.63) is 35.9 Å². The predicted octanol–water partition coefficient (Wildman–Crippen LogP) is 1.59. The van der Waals surface area contributed by atoms with Gasteiger partial charge in [0.1, 0.15) is 0 Å². The summed E-state index contributed by atoms with van der Waals surface area (Å²) in [6.45, 7) is 3.44. The van der Waals surface area contributed by atoms with Gasteiger partial charge in [0, 0.05) is 13.1 Å².